The number of hydrogen-bond acceptors (Lipinski definition) is 1. The molecule has 84 valence electrons. The van der Waals surface area contributed by atoms with Crippen molar-refractivity contribution in [2.24, 2.45) is 0 Å². The third-order valence-corrected chi connectivity index (χ3v) is 3.73. The molecule has 0 bridgehead atoms. The monoisotopic (exact) mass is 214 g/mol. The predicted molar refractivity (Wildman–Crippen MR) is 67.5 cm³/mol. The second-order valence-electron chi connectivity index (χ2n) is 4.69. The molecule has 0 saturated carbocycles. The Labute approximate surface area is 96.1 Å². The zero-order valence-electron chi connectivity index (χ0n) is 9.66. The van der Waals surface area contributed by atoms with Crippen molar-refractivity contribution >= 4 is 10.9 Å². The molecule has 1 aromatic carbocycles. The van der Waals surface area contributed by atoms with E-state index < -0.39 is 0 Å². The van der Waals surface area contributed by atoms with Crippen LogP contribution in [0.4, 0.5) is 0 Å². The van der Waals surface area contributed by atoms with Crippen LogP contribution in [-0.4, -0.2) is 11.0 Å². The molecule has 1 aliphatic rings. The van der Waals surface area contributed by atoms with Gasteiger partial charge in [0.25, 0.3) is 0 Å². The minimum absolute atomic E-state index is 0.543. The number of aromatic nitrogens is 1. The fourth-order valence-electron chi connectivity index (χ4n) is 2.77. The quantitative estimate of drug-likeness (QED) is 0.788. The van der Waals surface area contributed by atoms with Crippen molar-refractivity contribution in [3.05, 3.63) is 36.0 Å². The Hall–Kier alpha value is -1.28. The lowest BCUT2D eigenvalue weighted by molar-refractivity contribution is 0.542. The Morgan fingerprint density at radius 3 is 2.94 bits per heavy atom. The largest absolute Gasteiger partial charge is 0.361 e. The third-order valence-electron chi connectivity index (χ3n) is 3.73. The lowest BCUT2D eigenvalue weighted by Gasteiger charge is -2.12. The van der Waals surface area contributed by atoms with Gasteiger partial charge in [0.1, 0.15) is 0 Å². The molecule has 2 aromatic rings. The van der Waals surface area contributed by atoms with Gasteiger partial charge in [-0.2, -0.15) is 0 Å². The Kier molecular flexibility index (Phi) is 2.44. The normalized spacial score (nSPS) is 25.3. The Balaban J connectivity index is 1.95. The van der Waals surface area contributed by atoms with Crippen LogP contribution in [0, 0.1) is 0 Å². The topological polar surface area (TPSA) is 27.8 Å². The molecule has 1 aliphatic heterocycles. The molecule has 0 amide bonds. The van der Waals surface area contributed by atoms with Gasteiger partial charge in [-0.15, -0.1) is 0 Å². The summed E-state index contributed by atoms with van der Waals surface area (Å²) in [6.45, 7) is 2.26. The first kappa shape index (κ1) is 9.91. The van der Waals surface area contributed by atoms with Crippen molar-refractivity contribution in [1.82, 2.24) is 10.3 Å². The van der Waals surface area contributed by atoms with E-state index in [0.29, 0.717) is 12.1 Å². The van der Waals surface area contributed by atoms with Crippen LogP contribution in [-0.2, 0) is 0 Å². The highest BCUT2D eigenvalue weighted by molar-refractivity contribution is 5.83. The number of aromatic amines is 1. The van der Waals surface area contributed by atoms with Gasteiger partial charge in [0.15, 0.2) is 0 Å². The fraction of sp³-hybridized carbons (Fsp3) is 0.429. The molecule has 3 rings (SSSR count). The number of hydrogen-bond donors (Lipinski definition) is 2. The molecule has 2 N–H and O–H groups in total. The van der Waals surface area contributed by atoms with Gasteiger partial charge in [0, 0.05) is 29.2 Å². The van der Waals surface area contributed by atoms with E-state index >= 15 is 0 Å². The van der Waals surface area contributed by atoms with Gasteiger partial charge in [0.2, 0.25) is 0 Å². The molecule has 16 heavy (non-hydrogen) atoms. The molecule has 2 atom stereocenters. The van der Waals surface area contributed by atoms with Crippen LogP contribution in [0.5, 0.6) is 0 Å². The van der Waals surface area contributed by atoms with Crippen LogP contribution in [0.2, 0.25) is 0 Å². The first-order valence-electron chi connectivity index (χ1n) is 6.20. The van der Waals surface area contributed by atoms with Gasteiger partial charge in [-0.25, -0.2) is 0 Å². The number of fused-ring (bicyclic) bond motifs is 1. The number of benzene rings is 1. The van der Waals surface area contributed by atoms with Crippen LogP contribution in [0.1, 0.15) is 37.8 Å². The van der Waals surface area contributed by atoms with E-state index in [0.717, 1.165) is 0 Å². The minimum Gasteiger partial charge on any atom is -0.361 e. The SMILES string of the molecule is CCC1CCC(c2c[nH]c3ccccc23)N1. The summed E-state index contributed by atoms with van der Waals surface area (Å²) in [5.74, 6) is 0. The highest BCUT2D eigenvalue weighted by Gasteiger charge is 2.25. The molecular formula is C14H18N2. The van der Waals surface area contributed by atoms with Crippen LogP contribution in [0.15, 0.2) is 30.5 Å². The van der Waals surface area contributed by atoms with Crippen LogP contribution in [0.25, 0.3) is 10.9 Å². The molecule has 2 unspecified atom stereocenters. The van der Waals surface area contributed by atoms with Gasteiger partial charge in [-0.3, -0.25) is 0 Å². The van der Waals surface area contributed by atoms with Gasteiger partial charge in [-0.05, 0) is 30.9 Å². The van der Waals surface area contributed by atoms with E-state index in [9.17, 15) is 0 Å². The number of H-pyrrole nitrogens is 1. The summed E-state index contributed by atoms with van der Waals surface area (Å²) in [5, 5.41) is 5.09. The Morgan fingerprint density at radius 2 is 2.12 bits per heavy atom. The average molecular weight is 214 g/mol. The lowest BCUT2D eigenvalue weighted by Crippen LogP contribution is -2.22. The maximum atomic E-state index is 3.72. The zero-order chi connectivity index (χ0) is 11.0. The van der Waals surface area contributed by atoms with Gasteiger partial charge in [0.05, 0.1) is 0 Å². The van der Waals surface area contributed by atoms with E-state index in [2.05, 4.69) is 47.7 Å². The summed E-state index contributed by atoms with van der Waals surface area (Å²) in [5.41, 5.74) is 2.69. The molecule has 2 heterocycles. The van der Waals surface area contributed by atoms with Crippen molar-refractivity contribution in [1.29, 1.82) is 0 Å². The molecule has 0 spiro atoms. The summed E-state index contributed by atoms with van der Waals surface area (Å²) in [4.78, 5) is 3.36. The fourth-order valence-corrected chi connectivity index (χ4v) is 2.77. The number of rotatable bonds is 2. The summed E-state index contributed by atoms with van der Waals surface area (Å²) in [7, 11) is 0. The predicted octanol–water partition coefficient (Wildman–Crippen LogP) is 3.37. The van der Waals surface area contributed by atoms with Crippen molar-refractivity contribution < 1.29 is 0 Å². The molecule has 0 aliphatic carbocycles. The highest BCUT2D eigenvalue weighted by atomic mass is 15.0. The van der Waals surface area contributed by atoms with Crippen LogP contribution in [0.3, 0.4) is 0 Å². The molecule has 0 radical (unpaired) electrons. The first-order chi connectivity index (χ1) is 7.88. The molecule has 1 aromatic heterocycles. The second kappa shape index (κ2) is 3.95. The maximum absolute atomic E-state index is 3.72. The first-order valence-corrected chi connectivity index (χ1v) is 6.20. The zero-order valence-corrected chi connectivity index (χ0v) is 9.66. The van der Waals surface area contributed by atoms with E-state index in [1.54, 1.807) is 0 Å². The molecule has 2 heteroatoms. The van der Waals surface area contributed by atoms with E-state index in [1.807, 2.05) is 0 Å². The van der Waals surface area contributed by atoms with Crippen LogP contribution < -0.4 is 5.32 Å². The van der Waals surface area contributed by atoms with Gasteiger partial charge < -0.3 is 10.3 Å². The third kappa shape index (κ3) is 1.54. The Morgan fingerprint density at radius 1 is 1.25 bits per heavy atom. The van der Waals surface area contributed by atoms with Crippen LogP contribution >= 0.6 is 0 Å². The summed E-state index contributed by atoms with van der Waals surface area (Å²) >= 11 is 0. The van der Waals surface area contributed by atoms with E-state index in [4.69, 9.17) is 0 Å². The maximum Gasteiger partial charge on any atom is 0.0457 e. The average Bonchev–Trinajstić information content (AvgIpc) is 2.94. The van der Waals surface area contributed by atoms with Crippen molar-refractivity contribution in [3.8, 4) is 0 Å². The molecule has 1 saturated heterocycles. The summed E-state index contributed by atoms with van der Waals surface area (Å²) in [6.07, 6.45) is 5.97. The highest BCUT2D eigenvalue weighted by Crippen LogP contribution is 2.32. The molecule has 2 nitrogen and oxygen atoms in total. The van der Waals surface area contributed by atoms with Crippen molar-refractivity contribution in [3.63, 3.8) is 0 Å². The van der Waals surface area contributed by atoms with Crippen molar-refractivity contribution in [2.75, 3.05) is 0 Å². The number of para-hydroxylation sites is 1. The smallest absolute Gasteiger partial charge is 0.0457 e. The summed E-state index contributed by atoms with van der Waals surface area (Å²) < 4.78 is 0. The van der Waals surface area contributed by atoms with Crippen molar-refractivity contribution in [2.45, 2.75) is 38.3 Å². The van der Waals surface area contributed by atoms with Gasteiger partial charge >= 0.3 is 0 Å². The second-order valence-corrected chi connectivity index (χ2v) is 4.69. The minimum atomic E-state index is 0.543. The standard InChI is InChI=1S/C14H18N2/c1-2-10-7-8-14(16-10)12-9-15-13-6-4-3-5-11(12)13/h3-6,9-10,14-16H,2,7-8H2,1H3. The Bertz CT molecular complexity index is 486. The van der Waals surface area contributed by atoms with E-state index in [1.165, 1.54) is 35.7 Å². The van der Waals surface area contributed by atoms with E-state index in [-0.39, 0.29) is 0 Å². The summed E-state index contributed by atoms with van der Waals surface area (Å²) in [6, 6.07) is 9.80. The number of nitrogens with one attached hydrogen (secondary N) is 2. The van der Waals surface area contributed by atoms with Gasteiger partial charge in [-0.1, -0.05) is 25.1 Å². The molecule has 1 fully saturated rings. The lowest BCUT2D eigenvalue weighted by atomic mass is 10.0. The molecular weight excluding hydrogens is 196 g/mol.